The van der Waals surface area contributed by atoms with Crippen LogP contribution in [0.2, 0.25) is 0 Å². The number of methoxy groups -OCH3 is 2. The third-order valence-electron chi connectivity index (χ3n) is 4.85. The molecule has 0 fully saturated rings. The molecule has 0 aliphatic carbocycles. The molecule has 0 aliphatic rings. The molecule has 0 amide bonds. The van der Waals surface area contributed by atoms with Crippen LogP contribution in [0.3, 0.4) is 0 Å². The average Bonchev–Trinajstić information content (AvgIpc) is 3.06. The molecule has 0 aliphatic heterocycles. The third kappa shape index (κ3) is 3.96. The second-order valence-corrected chi connectivity index (χ2v) is 6.06. The fourth-order valence-electron chi connectivity index (χ4n) is 3.18. The third-order valence-corrected chi connectivity index (χ3v) is 4.85. The first-order valence-corrected chi connectivity index (χ1v) is 8.26. The lowest BCUT2D eigenvalue weighted by Gasteiger charge is -2.31. The second-order valence-electron chi connectivity index (χ2n) is 6.06. The molecule has 0 bridgehead atoms. The Kier molecular flexibility index (Phi) is 6.01. The van der Waals surface area contributed by atoms with Crippen LogP contribution >= 0.6 is 0 Å². The van der Waals surface area contributed by atoms with Crippen molar-refractivity contribution in [3.63, 3.8) is 0 Å². The fourth-order valence-corrected chi connectivity index (χ4v) is 3.18. The Balaban J connectivity index is 2.34. The summed E-state index contributed by atoms with van der Waals surface area (Å²) in [6.45, 7) is 2.08. The van der Waals surface area contributed by atoms with Crippen LogP contribution in [0.1, 0.15) is 44.7 Å². The van der Waals surface area contributed by atoms with E-state index in [2.05, 4.69) is 24.0 Å². The molecule has 1 N–H and O–H groups in total. The zero-order valence-corrected chi connectivity index (χ0v) is 14.6. The zero-order valence-electron chi connectivity index (χ0n) is 14.6. The molecule has 1 heterocycles. The number of ether oxygens (including phenoxy) is 2. The van der Waals surface area contributed by atoms with E-state index in [4.69, 9.17) is 9.47 Å². The molecule has 1 aromatic heterocycles. The number of rotatable bonds is 8. The van der Waals surface area contributed by atoms with Crippen LogP contribution in [0, 0.1) is 0 Å². The van der Waals surface area contributed by atoms with Crippen LogP contribution in [0.5, 0.6) is 0 Å². The number of esters is 2. The number of hydrogen-bond donors (Lipinski definition) is 1. The van der Waals surface area contributed by atoms with E-state index in [1.165, 1.54) is 14.2 Å². The first-order valence-electron chi connectivity index (χ1n) is 8.26. The largest absolute Gasteiger partial charge is 0.469 e. The molecule has 1 aromatic carbocycles. The van der Waals surface area contributed by atoms with E-state index < -0.39 is 0 Å². The highest BCUT2D eigenvalue weighted by Crippen LogP contribution is 2.38. The summed E-state index contributed by atoms with van der Waals surface area (Å²) < 4.78 is 9.58. The van der Waals surface area contributed by atoms with E-state index in [0.717, 1.165) is 23.0 Å². The molecule has 0 spiro atoms. The van der Waals surface area contributed by atoms with Gasteiger partial charge in [0.05, 0.1) is 14.2 Å². The molecular weight excluding hydrogens is 306 g/mol. The van der Waals surface area contributed by atoms with Gasteiger partial charge < -0.3 is 14.5 Å². The highest BCUT2D eigenvalue weighted by atomic mass is 16.5. The average molecular weight is 331 g/mol. The molecule has 5 nitrogen and oxygen atoms in total. The quantitative estimate of drug-likeness (QED) is 0.749. The molecule has 0 radical (unpaired) electrons. The highest BCUT2D eigenvalue weighted by molar-refractivity contribution is 5.80. The lowest BCUT2D eigenvalue weighted by molar-refractivity contribution is -0.141. The Hall–Kier alpha value is -2.30. The van der Waals surface area contributed by atoms with Gasteiger partial charge in [0.25, 0.3) is 0 Å². The monoisotopic (exact) mass is 331 g/mol. The summed E-state index contributed by atoms with van der Waals surface area (Å²) in [7, 11) is 2.79. The molecule has 0 saturated carbocycles. The minimum atomic E-state index is -0.290. The van der Waals surface area contributed by atoms with Gasteiger partial charge in [-0.15, -0.1) is 0 Å². The molecule has 0 saturated heterocycles. The smallest absolute Gasteiger partial charge is 0.305 e. The standard InChI is InChI=1S/C19H25NO4/c1-4-19(11-9-17(21)23-2,12-10-18(22)24-3)16-13-14-7-5-6-8-15(14)20-16/h5-8,13,20H,4,9-12H2,1-3H3. The van der Waals surface area contributed by atoms with Crippen molar-refractivity contribution in [2.24, 2.45) is 0 Å². The Labute approximate surface area is 142 Å². The van der Waals surface area contributed by atoms with Crippen LogP contribution in [-0.2, 0) is 24.5 Å². The van der Waals surface area contributed by atoms with Crippen LogP contribution < -0.4 is 0 Å². The van der Waals surface area contributed by atoms with Gasteiger partial charge in [-0.3, -0.25) is 9.59 Å². The Morgan fingerprint density at radius 3 is 2.12 bits per heavy atom. The summed E-state index contributed by atoms with van der Waals surface area (Å²) in [5.41, 5.74) is 1.82. The SMILES string of the molecule is CCC(CCC(=O)OC)(CCC(=O)OC)c1cc2ccccc2[nH]1. The predicted octanol–water partition coefficient (Wildman–Crippen LogP) is 3.72. The number of nitrogens with one attached hydrogen (secondary N) is 1. The van der Waals surface area contributed by atoms with Gasteiger partial charge in [-0.25, -0.2) is 0 Å². The molecule has 5 heteroatoms. The molecule has 130 valence electrons. The normalized spacial score (nSPS) is 11.5. The maximum Gasteiger partial charge on any atom is 0.305 e. The Bertz CT molecular complexity index is 651. The van der Waals surface area contributed by atoms with E-state index in [-0.39, 0.29) is 17.4 Å². The number of carbonyl (C=O) groups is 2. The van der Waals surface area contributed by atoms with Gasteiger partial charge >= 0.3 is 11.9 Å². The van der Waals surface area contributed by atoms with Gasteiger partial charge in [-0.1, -0.05) is 25.1 Å². The minimum absolute atomic E-state index is 0.234. The second kappa shape index (κ2) is 7.99. The molecular formula is C19H25NO4. The zero-order chi connectivity index (χ0) is 17.6. The van der Waals surface area contributed by atoms with Gasteiger partial charge in [0.15, 0.2) is 0 Å². The minimum Gasteiger partial charge on any atom is -0.469 e. The van der Waals surface area contributed by atoms with Crippen LogP contribution in [-0.4, -0.2) is 31.1 Å². The predicted molar refractivity (Wildman–Crippen MR) is 92.8 cm³/mol. The number of hydrogen-bond acceptors (Lipinski definition) is 4. The van der Waals surface area contributed by atoms with Crippen molar-refractivity contribution in [2.75, 3.05) is 14.2 Å². The summed E-state index contributed by atoms with van der Waals surface area (Å²) in [4.78, 5) is 26.8. The number of H-pyrrole nitrogens is 1. The van der Waals surface area contributed by atoms with Gasteiger partial charge in [-0.05, 0) is 36.8 Å². The summed E-state index contributed by atoms with van der Waals surface area (Å²) in [5, 5.41) is 1.13. The fraction of sp³-hybridized carbons (Fsp3) is 0.474. The van der Waals surface area contributed by atoms with Crippen molar-refractivity contribution in [3.05, 3.63) is 36.0 Å². The molecule has 2 aromatic rings. The number of para-hydroxylation sites is 1. The summed E-state index contributed by atoms with van der Waals surface area (Å²) in [6.07, 6.45) is 2.70. The van der Waals surface area contributed by atoms with Crippen molar-refractivity contribution in [3.8, 4) is 0 Å². The van der Waals surface area contributed by atoms with Crippen molar-refractivity contribution >= 4 is 22.8 Å². The van der Waals surface area contributed by atoms with Gasteiger partial charge in [0.2, 0.25) is 0 Å². The molecule has 0 unspecified atom stereocenters. The summed E-state index contributed by atoms with van der Waals surface area (Å²) >= 11 is 0. The number of fused-ring (bicyclic) bond motifs is 1. The number of aromatic amines is 1. The Morgan fingerprint density at radius 2 is 1.62 bits per heavy atom. The van der Waals surface area contributed by atoms with E-state index in [1.54, 1.807) is 0 Å². The van der Waals surface area contributed by atoms with E-state index in [1.807, 2.05) is 18.2 Å². The number of carbonyl (C=O) groups excluding carboxylic acids is 2. The molecule has 2 rings (SSSR count). The Morgan fingerprint density at radius 1 is 1.04 bits per heavy atom. The number of benzene rings is 1. The van der Waals surface area contributed by atoms with Crippen LogP contribution in [0.4, 0.5) is 0 Å². The van der Waals surface area contributed by atoms with Crippen LogP contribution in [0.25, 0.3) is 10.9 Å². The highest BCUT2D eigenvalue weighted by Gasteiger charge is 2.33. The van der Waals surface area contributed by atoms with Crippen molar-refractivity contribution in [1.82, 2.24) is 4.98 Å². The maximum absolute atomic E-state index is 11.6. The van der Waals surface area contributed by atoms with Gasteiger partial charge in [0, 0.05) is 29.5 Å². The van der Waals surface area contributed by atoms with E-state index >= 15 is 0 Å². The number of aromatic nitrogens is 1. The topological polar surface area (TPSA) is 68.4 Å². The molecule has 0 atom stereocenters. The van der Waals surface area contributed by atoms with Gasteiger partial charge in [-0.2, -0.15) is 0 Å². The lowest BCUT2D eigenvalue weighted by Crippen LogP contribution is -2.28. The summed E-state index contributed by atoms with van der Waals surface area (Å²) in [5.74, 6) is -0.469. The van der Waals surface area contributed by atoms with E-state index in [9.17, 15) is 9.59 Å². The first kappa shape index (κ1) is 18.0. The van der Waals surface area contributed by atoms with Crippen molar-refractivity contribution in [2.45, 2.75) is 44.4 Å². The van der Waals surface area contributed by atoms with Crippen LogP contribution in [0.15, 0.2) is 30.3 Å². The lowest BCUT2D eigenvalue weighted by atomic mass is 9.74. The first-order chi connectivity index (χ1) is 11.5. The molecule has 24 heavy (non-hydrogen) atoms. The van der Waals surface area contributed by atoms with Crippen molar-refractivity contribution in [1.29, 1.82) is 0 Å². The van der Waals surface area contributed by atoms with Crippen molar-refractivity contribution < 1.29 is 19.1 Å². The van der Waals surface area contributed by atoms with Gasteiger partial charge in [0.1, 0.15) is 0 Å². The van der Waals surface area contributed by atoms with E-state index in [0.29, 0.717) is 25.7 Å². The maximum atomic E-state index is 11.6. The summed E-state index contributed by atoms with van der Waals surface area (Å²) in [6, 6.07) is 10.2.